The summed E-state index contributed by atoms with van der Waals surface area (Å²) in [6.07, 6.45) is 2.33. The second-order valence-electron chi connectivity index (χ2n) is 4.04. The monoisotopic (exact) mass is 282 g/mol. The number of rotatable bonds is 4. The first-order valence-corrected chi connectivity index (χ1v) is 6.98. The van der Waals surface area contributed by atoms with Crippen LogP contribution in [0.5, 0.6) is 0 Å². The Kier molecular flexibility index (Phi) is 4.14. The highest BCUT2D eigenvalue weighted by atomic mass is 35.5. The maximum Gasteiger partial charge on any atom is 0.137 e. The van der Waals surface area contributed by atoms with Crippen LogP contribution in [-0.2, 0) is 13.0 Å². The fraction of sp³-hybridized carbons (Fsp3) is 0.417. The third-order valence-electron chi connectivity index (χ3n) is 2.81. The first-order chi connectivity index (χ1) is 8.63. The molecule has 0 atom stereocenters. The molecule has 2 aromatic rings. The molecule has 18 heavy (non-hydrogen) atoms. The standard InChI is InChI=1S/C12H15ClN4S/c1-4-9-11(13)14-6-15-12(9)17(3)5-10-8(2)16-7-18-10/h6-7H,4-5H2,1-3H3. The molecule has 4 nitrogen and oxygen atoms in total. The Morgan fingerprint density at radius 1 is 1.33 bits per heavy atom. The van der Waals surface area contributed by atoms with Gasteiger partial charge in [-0.05, 0) is 13.3 Å². The summed E-state index contributed by atoms with van der Waals surface area (Å²) in [6.45, 7) is 4.87. The van der Waals surface area contributed by atoms with E-state index in [-0.39, 0.29) is 0 Å². The van der Waals surface area contributed by atoms with Crippen LogP contribution < -0.4 is 4.90 Å². The van der Waals surface area contributed by atoms with Crippen LogP contribution in [0.25, 0.3) is 0 Å². The highest BCUT2D eigenvalue weighted by Gasteiger charge is 2.13. The van der Waals surface area contributed by atoms with Gasteiger partial charge in [0.25, 0.3) is 0 Å². The molecule has 0 fully saturated rings. The topological polar surface area (TPSA) is 41.9 Å². The first kappa shape index (κ1) is 13.2. The fourth-order valence-corrected chi connectivity index (χ4v) is 2.87. The molecule has 0 unspecified atom stereocenters. The molecule has 6 heteroatoms. The van der Waals surface area contributed by atoms with Gasteiger partial charge in [0.1, 0.15) is 17.3 Å². The van der Waals surface area contributed by atoms with Crippen molar-refractivity contribution in [2.75, 3.05) is 11.9 Å². The maximum atomic E-state index is 6.10. The third kappa shape index (κ3) is 2.62. The Balaban J connectivity index is 2.26. The van der Waals surface area contributed by atoms with Crippen molar-refractivity contribution >= 4 is 28.8 Å². The van der Waals surface area contributed by atoms with Crippen LogP contribution in [0.1, 0.15) is 23.1 Å². The van der Waals surface area contributed by atoms with E-state index in [1.54, 1.807) is 11.3 Å². The summed E-state index contributed by atoms with van der Waals surface area (Å²) in [5.41, 5.74) is 3.93. The van der Waals surface area contributed by atoms with Gasteiger partial charge in [-0.3, -0.25) is 0 Å². The van der Waals surface area contributed by atoms with Crippen molar-refractivity contribution in [1.82, 2.24) is 15.0 Å². The lowest BCUT2D eigenvalue weighted by Crippen LogP contribution is -2.19. The number of halogens is 1. The Morgan fingerprint density at radius 2 is 2.11 bits per heavy atom. The molecule has 0 aromatic carbocycles. The van der Waals surface area contributed by atoms with Crippen LogP contribution in [0, 0.1) is 6.92 Å². The first-order valence-electron chi connectivity index (χ1n) is 5.73. The minimum absolute atomic E-state index is 0.537. The minimum atomic E-state index is 0.537. The van der Waals surface area contributed by atoms with Gasteiger partial charge in [-0.15, -0.1) is 11.3 Å². The molecule has 0 bridgehead atoms. The van der Waals surface area contributed by atoms with Crippen molar-refractivity contribution < 1.29 is 0 Å². The zero-order valence-corrected chi connectivity index (χ0v) is 12.2. The van der Waals surface area contributed by atoms with Crippen molar-refractivity contribution in [2.45, 2.75) is 26.8 Å². The fourth-order valence-electron chi connectivity index (χ4n) is 1.78. The summed E-state index contributed by atoms with van der Waals surface area (Å²) >= 11 is 7.76. The smallest absolute Gasteiger partial charge is 0.137 e. The maximum absolute atomic E-state index is 6.10. The van der Waals surface area contributed by atoms with Crippen molar-refractivity contribution in [3.63, 3.8) is 0 Å². The molecule has 0 N–H and O–H groups in total. The molecule has 0 amide bonds. The lowest BCUT2D eigenvalue weighted by molar-refractivity contribution is 0.873. The van der Waals surface area contributed by atoms with E-state index in [0.29, 0.717) is 5.15 Å². The number of hydrogen-bond donors (Lipinski definition) is 0. The Morgan fingerprint density at radius 3 is 2.72 bits per heavy atom. The van der Waals surface area contributed by atoms with E-state index in [9.17, 15) is 0 Å². The molecule has 0 aliphatic rings. The van der Waals surface area contributed by atoms with Gasteiger partial charge in [-0.25, -0.2) is 15.0 Å². The number of aromatic nitrogens is 3. The van der Waals surface area contributed by atoms with Gasteiger partial charge in [0, 0.05) is 17.5 Å². The Hall–Kier alpha value is -1.20. The molecule has 2 aromatic heterocycles. The summed E-state index contributed by atoms with van der Waals surface area (Å²) in [5.74, 6) is 0.894. The molecule has 0 aliphatic carbocycles. The SMILES string of the molecule is CCc1c(Cl)ncnc1N(C)Cc1scnc1C. The van der Waals surface area contributed by atoms with Crippen molar-refractivity contribution in [3.8, 4) is 0 Å². The largest absolute Gasteiger partial charge is 0.354 e. The summed E-state index contributed by atoms with van der Waals surface area (Å²) in [7, 11) is 2.01. The Labute approximate surface area is 116 Å². The molecule has 96 valence electrons. The lowest BCUT2D eigenvalue weighted by atomic mass is 10.2. The number of hydrogen-bond acceptors (Lipinski definition) is 5. The molecule has 0 radical (unpaired) electrons. The third-order valence-corrected chi connectivity index (χ3v) is 4.06. The summed E-state index contributed by atoms with van der Waals surface area (Å²) in [6, 6.07) is 0. The van der Waals surface area contributed by atoms with E-state index < -0.39 is 0 Å². The average molecular weight is 283 g/mol. The van der Waals surface area contributed by atoms with Gasteiger partial charge >= 0.3 is 0 Å². The van der Waals surface area contributed by atoms with E-state index in [0.717, 1.165) is 30.0 Å². The molecule has 0 aliphatic heterocycles. The van der Waals surface area contributed by atoms with Crippen LogP contribution in [-0.4, -0.2) is 22.0 Å². The van der Waals surface area contributed by atoms with Gasteiger partial charge in [0.2, 0.25) is 0 Å². The van der Waals surface area contributed by atoms with Crippen LogP contribution in [0.2, 0.25) is 5.15 Å². The van der Waals surface area contributed by atoms with Crippen molar-refractivity contribution in [1.29, 1.82) is 0 Å². The number of thiazole rings is 1. The highest BCUT2D eigenvalue weighted by molar-refractivity contribution is 7.09. The van der Waals surface area contributed by atoms with Gasteiger partial charge < -0.3 is 4.90 Å². The molecule has 0 saturated carbocycles. The van der Waals surface area contributed by atoms with Crippen molar-refractivity contribution in [2.24, 2.45) is 0 Å². The van der Waals surface area contributed by atoms with E-state index >= 15 is 0 Å². The molecule has 0 spiro atoms. The van der Waals surface area contributed by atoms with E-state index in [1.807, 2.05) is 19.5 Å². The zero-order chi connectivity index (χ0) is 13.1. The van der Waals surface area contributed by atoms with Crippen LogP contribution in [0.15, 0.2) is 11.8 Å². The quantitative estimate of drug-likeness (QED) is 0.808. The molecule has 2 rings (SSSR count). The summed E-state index contributed by atoms with van der Waals surface area (Å²) in [5, 5.41) is 0.537. The van der Waals surface area contributed by atoms with Crippen LogP contribution in [0.4, 0.5) is 5.82 Å². The zero-order valence-electron chi connectivity index (χ0n) is 10.6. The lowest BCUT2D eigenvalue weighted by Gasteiger charge is -2.20. The second-order valence-corrected chi connectivity index (χ2v) is 5.33. The minimum Gasteiger partial charge on any atom is -0.354 e. The van der Waals surface area contributed by atoms with E-state index in [2.05, 4.69) is 26.8 Å². The van der Waals surface area contributed by atoms with Crippen LogP contribution >= 0.6 is 22.9 Å². The van der Waals surface area contributed by atoms with E-state index in [1.165, 1.54) is 11.2 Å². The average Bonchev–Trinajstić information content (AvgIpc) is 2.74. The number of nitrogens with zero attached hydrogens (tertiary/aromatic N) is 4. The predicted octanol–water partition coefficient (Wildman–Crippen LogP) is 3.09. The van der Waals surface area contributed by atoms with Gasteiger partial charge in [-0.1, -0.05) is 18.5 Å². The van der Waals surface area contributed by atoms with E-state index in [4.69, 9.17) is 11.6 Å². The van der Waals surface area contributed by atoms with Crippen LogP contribution in [0.3, 0.4) is 0 Å². The molecule has 2 heterocycles. The number of aryl methyl sites for hydroxylation is 1. The van der Waals surface area contributed by atoms with Gasteiger partial charge in [-0.2, -0.15) is 0 Å². The second kappa shape index (κ2) is 5.63. The molecule has 0 saturated heterocycles. The Bertz CT molecular complexity index is 541. The summed E-state index contributed by atoms with van der Waals surface area (Å²) in [4.78, 5) is 16.0. The summed E-state index contributed by atoms with van der Waals surface area (Å²) < 4.78 is 0. The normalized spacial score (nSPS) is 10.7. The van der Waals surface area contributed by atoms with Crippen molar-refractivity contribution in [3.05, 3.63) is 33.1 Å². The predicted molar refractivity (Wildman–Crippen MR) is 75.4 cm³/mol. The number of anilines is 1. The van der Waals surface area contributed by atoms with Gasteiger partial charge in [0.15, 0.2) is 0 Å². The molecular formula is C12H15ClN4S. The van der Waals surface area contributed by atoms with Gasteiger partial charge in [0.05, 0.1) is 17.7 Å². The molecular weight excluding hydrogens is 268 g/mol. The highest BCUT2D eigenvalue weighted by Crippen LogP contribution is 2.25.